The molecule has 5 aromatic carbocycles. The number of fused-ring (bicyclic) bond motifs is 1. The van der Waals surface area contributed by atoms with Crippen LogP contribution >= 0.6 is 23.2 Å². The first-order valence-corrected chi connectivity index (χ1v) is 25.3. The number of carboxylic acids is 1. The minimum atomic E-state index is -5.08. The first kappa shape index (κ1) is 60.1. The van der Waals surface area contributed by atoms with Gasteiger partial charge in [0.2, 0.25) is 0 Å². The number of anilines is 3. The maximum absolute atomic E-state index is 17.8. The average molecular weight is 1160 g/mol. The van der Waals surface area contributed by atoms with E-state index in [1.807, 2.05) is 85.8 Å². The number of hydrogen-bond acceptors (Lipinski definition) is 12. The Bertz CT molecular complexity index is 3450. The standard InChI is InChI=1S/C57H51Cl2F4N7O4.C2HF3O2/c1-34-27-48(69(30-36-10-18-40(71-4)19-11-36)31-37-12-20-41(72-5)21-13-37)66-53(50(34)57(61,62)63)49-47(58)28-45-52(51(49)60)67-55(59)46(29-64)54(45)68(3)35(2)44-9-8-26-65-56(44)70(32-38-14-22-42(73-6)23-15-38)33-39-16-24-43(74-7)25-17-39;3-2(4,5)1(6)7/h8-28,35H,30-33H2,1-7H3;(H,6,7)/t35-;/m1./s1. The Kier molecular flexibility index (Phi) is 19.1. The van der Waals surface area contributed by atoms with E-state index in [9.17, 15) is 18.4 Å². The number of pyridine rings is 3. The van der Waals surface area contributed by atoms with Gasteiger partial charge in [-0.05, 0) is 108 Å². The molecule has 8 aromatic rings. The number of aryl methyl sites for hydroxylation is 1. The largest absolute Gasteiger partial charge is 0.497 e. The molecule has 0 fully saturated rings. The van der Waals surface area contributed by atoms with Crippen molar-refractivity contribution in [2.75, 3.05) is 50.2 Å². The quantitative estimate of drug-likeness (QED) is 0.0643. The molecule has 0 aliphatic rings. The minimum Gasteiger partial charge on any atom is -0.497 e. The molecular weight excluding hydrogens is 1110 g/mol. The summed E-state index contributed by atoms with van der Waals surface area (Å²) in [5.41, 5.74) is 1.12. The smallest absolute Gasteiger partial charge is 0.490 e. The fourth-order valence-corrected chi connectivity index (χ4v) is 9.45. The van der Waals surface area contributed by atoms with E-state index in [4.69, 9.17) is 57.0 Å². The number of carboxylic acid groups (broad SMARTS) is 1. The third-order valence-electron chi connectivity index (χ3n) is 13.1. The Morgan fingerprint density at radius 1 is 0.704 bits per heavy atom. The van der Waals surface area contributed by atoms with Crippen molar-refractivity contribution < 1.29 is 59.6 Å². The van der Waals surface area contributed by atoms with Crippen LogP contribution in [-0.4, -0.2) is 67.7 Å². The average Bonchev–Trinajstić information content (AvgIpc) is 3.46. The first-order valence-electron chi connectivity index (χ1n) is 24.5. The van der Waals surface area contributed by atoms with Crippen LogP contribution < -0.4 is 33.6 Å². The minimum absolute atomic E-state index is 0.0346. The molecule has 0 aliphatic carbocycles. The lowest BCUT2D eigenvalue weighted by molar-refractivity contribution is -0.192. The number of rotatable bonds is 18. The normalized spacial score (nSPS) is 11.7. The van der Waals surface area contributed by atoms with E-state index in [1.165, 1.54) is 19.1 Å². The number of aromatic nitrogens is 3. The van der Waals surface area contributed by atoms with Gasteiger partial charge in [0, 0.05) is 50.4 Å². The molecule has 0 radical (unpaired) electrons. The number of benzene rings is 5. The van der Waals surface area contributed by atoms with E-state index in [-0.39, 0.29) is 46.3 Å². The van der Waals surface area contributed by atoms with Crippen LogP contribution in [0.1, 0.15) is 57.5 Å². The number of methoxy groups -OCH3 is 4. The molecule has 422 valence electrons. The third-order valence-corrected chi connectivity index (χ3v) is 13.7. The van der Waals surface area contributed by atoms with Crippen molar-refractivity contribution in [1.82, 2.24) is 15.0 Å². The van der Waals surface area contributed by atoms with Crippen molar-refractivity contribution >= 4 is 57.4 Å². The lowest BCUT2D eigenvalue weighted by atomic mass is 9.97. The second-order valence-electron chi connectivity index (χ2n) is 18.3. The number of alkyl halides is 6. The highest BCUT2D eigenvalue weighted by Gasteiger charge is 2.40. The molecule has 81 heavy (non-hydrogen) atoms. The molecule has 0 amide bonds. The Morgan fingerprint density at radius 2 is 1.14 bits per heavy atom. The molecule has 1 N–H and O–H groups in total. The predicted octanol–water partition coefficient (Wildman–Crippen LogP) is 14.6. The van der Waals surface area contributed by atoms with Gasteiger partial charge in [-0.3, -0.25) is 0 Å². The SMILES string of the molecule is COc1ccc(CN(Cc2ccc(OC)cc2)c2cc(C)c(C(F)(F)F)c(-c3c(Cl)cc4c(N(C)[C@H](C)c5cccnc5N(Cc5ccc(OC)cc5)Cc5ccc(OC)cc5)c(C#N)c(Cl)nc4c3F)n2)cc1.O=C(O)C(F)(F)F. The molecule has 3 aromatic heterocycles. The molecule has 22 heteroatoms. The van der Waals surface area contributed by atoms with Gasteiger partial charge in [-0.15, -0.1) is 0 Å². The highest BCUT2D eigenvalue weighted by molar-refractivity contribution is 6.35. The van der Waals surface area contributed by atoms with Crippen LogP contribution in [0.4, 0.5) is 48.1 Å². The van der Waals surface area contributed by atoms with Crippen molar-refractivity contribution in [3.63, 3.8) is 0 Å². The van der Waals surface area contributed by atoms with Gasteiger partial charge in [0.15, 0.2) is 5.82 Å². The number of nitriles is 1. The number of aliphatic carboxylic acids is 1. The Morgan fingerprint density at radius 3 is 1.53 bits per heavy atom. The molecule has 13 nitrogen and oxygen atoms in total. The topological polar surface area (TPSA) is 146 Å². The van der Waals surface area contributed by atoms with E-state index in [0.29, 0.717) is 41.9 Å². The summed E-state index contributed by atoms with van der Waals surface area (Å²) in [6, 6.07) is 37.8. The second-order valence-corrected chi connectivity index (χ2v) is 19.1. The summed E-state index contributed by atoms with van der Waals surface area (Å²) < 4.78 is 117. The highest BCUT2D eigenvalue weighted by Crippen LogP contribution is 2.47. The molecule has 1 atom stereocenters. The number of ether oxygens (including phenoxy) is 4. The van der Waals surface area contributed by atoms with Crippen LogP contribution in [0.5, 0.6) is 23.0 Å². The Labute approximate surface area is 472 Å². The molecule has 3 heterocycles. The third kappa shape index (κ3) is 14.1. The summed E-state index contributed by atoms with van der Waals surface area (Å²) >= 11 is 13.8. The van der Waals surface area contributed by atoms with Crippen LogP contribution in [0.2, 0.25) is 10.2 Å². The number of halogens is 9. The van der Waals surface area contributed by atoms with Crippen LogP contribution in [0.3, 0.4) is 0 Å². The molecule has 0 aliphatic heterocycles. The van der Waals surface area contributed by atoms with E-state index < -0.39 is 57.5 Å². The fraction of sp³-hybridized carbons (Fsp3) is 0.237. The molecule has 0 saturated carbocycles. The van der Waals surface area contributed by atoms with E-state index in [1.54, 1.807) is 81.8 Å². The fourth-order valence-electron chi connectivity index (χ4n) is 8.95. The van der Waals surface area contributed by atoms with Crippen molar-refractivity contribution in [2.45, 2.75) is 58.4 Å². The first-order chi connectivity index (χ1) is 38.5. The molecule has 8 rings (SSSR count). The van der Waals surface area contributed by atoms with Gasteiger partial charge in [0.25, 0.3) is 0 Å². The summed E-state index contributed by atoms with van der Waals surface area (Å²) in [5.74, 6) is -0.576. The monoisotopic (exact) mass is 1160 g/mol. The molecule has 0 bridgehead atoms. The number of hydrogen-bond donors (Lipinski definition) is 1. The molecule has 0 saturated heterocycles. The second kappa shape index (κ2) is 25.7. The van der Waals surface area contributed by atoms with Crippen LogP contribution in [-0.2, 0) is 37.1 Å². The van der Waals surface area contributed by atoms with Gasteiger partial charge in [0.1, 0.15) is 56.9 Å². The zero-order valence-corrected chi connectivity index (χ0v) is 46.1. The van der Waals surface area contributed by atoms with Crippen molar-refractivity contribution in [1.29, 1.82) is 5.26 Å². The summed E-state index contributed by atoms with van der Waals surface area (Å²) in [4.78, 5) is 28.4. The number of nitrogens with zero attached hydrogens (tertiary/aromatic N) is 7. The van der Waals surface area contributed by atoms with Crippen LogP contribution in [0.15, 0.2) is 128 Å². The summed E-state index contributed by atoms with van der Waals surface area (Å²) in [6.45, 7) is 4.45. The summed E-state index contributed by atoms with van der Waals surface area (Å²) in [7, 11) is 8.02. The van der Waals surface area contributed by atoms with Gasteiger partial charge in [-0.25, -0.2) is 24.1 Å². The van der Waals surface area contributed by atoms with Crippen molar-refractivity contribution in [3.8, 4) is 40.3 Å². The number of carbonyl (C=O) groups is 1. The van der Waals surface area contributed by atoms with Gasteiger partial charge in [0.05, 0.1) is 62.0 Å². The Balaban J connectivity index is 0.00000127. The lowest BCUT2D eigenvalue weighted by Gasteiger charge is -2.33. The van der Waals surface area contributed by atoms with E-state index >= 15 is 17.6 Å². The van der Waals surface area contributed by atoms with Gasteiger partial charge >= 0.3 is 18.3 Å². The predicted molar refractivity (Wildman–Crippen MR) is 296 cm³/mol. The summed E-state index contributed by atoms with van der Waals surface area (Å²) in [6.07, 6.45) is -8.40. The van der Waals surface area contributed by atoms with Gasteiger partial charge in [-0.1, -0.05) is 77.8 Å². The zero-order chi connectivity index (χ0) is 58.9. The van der Waals surface area contributed by atoms with Gasteiger partial charge in [-0.2, -0.15) is 31.6 Å². The molecule has 0 spiro atoms. The van der Waals surface area contributed by atoms with Crippen molar-refractivity contribution in [2.24, 2.45) is 0 Å². The van der Waals surface area contributed by atoms with E-state index in [2.05, 4.69) is 20.9 Å². The van der Waals surface area contributed by atoms with Gasteiger partial charge < -0.3 is 38.8 Å². The highest BCUT2D eigenvalue weighted by atomic mass is 35.5. The maximum Gasteiger partial charge on any atom is 0.490 e. The zero-order valence-electron chi connectivity index (χ0n) is 44.6. The molecular formula is C59H52Cl2F7N7O6. The summed E-state index contributed by atoms with van der Waals surface area (Å²) in [5, 5.41) is 17.1. The van der Waals surface area contributed by atoms with Crippen molar-refractivity contribution in [3.05, 3.63) is 188 Å². The molecule has 0 unspecified atom stereocenters. The van der Waals surface area contributed by atoms with Crippen LogP contribution in [0.25, 0.3) is 22.2 Å². The van der Waals surface area contributed by atoms with Crippen LogP contribution in [0, 0.1) is 24.1 Å². The van der Waals surface area contributed by atoms with E-state index in [0.717, 1.165) is 27.8 Å². The lowest BCUT2D eigenvalue weighted by Crippen LogP contribution is -2.29. The Hall–Kier alpha value is -8.54. The maximum atomic E-state index is 17.8.